The number of hydrogen-bond acceptors (Lipinski definition) is 3. The lowest BCUT2D eigenvalue weighted by Crippen LogP contribution is -2.46. The third kappa shape index (κ3) is 5.42. The van der Waals surface area contributed by atoms with Crippen LogP contribution in [0.25, 0.3) is 0 Å². The molecular weight excluding hydrogens is 288 g/mol. The molecule has 0 bridgehead atoms. The highest BCUT2D eigenvalue weighted by molar-refractivity contribution is 5.85. The lowest BCUT2D eigenvalue weighted by atomic mass is 10.1. The maximum Gasteiger partial charge on any atom is 0.251 e. The van der Waals surface area contributed by atoms with Crippen LogP contribution in [0, 0.1) is 0 Å². The molecule has 4 nitrogen and oxygen atoms in total. The Morgan fingerprint density at radius 2 is 1.86 bits per heavy atom. The molecule has 1 heterocycles. The van der Waals surface area contributed by atoms with E-state index in [-0.39, 0.29) is 24.4 Å². The summed E-state index contributed by atoms with van der Waals surface area (Å²) in [6.07, 6.45) is 9.62. The number of hydrogen-bond donors (Lipinski definition) is 1. The Bertz CT molecular complexity index is 307. The van der Waals surface area contributed by atoms with Gasteiger partial charge in [-0.2, -0.15) is 0 Å². The van der Waals surface area contributed by atoms with E-state index in [1.54, 1.807) is 0 Å². The second-order valence-electron chi connectivity index (χ2n) is 6.28. The number of likely N-dealkylation sites (tertiary alicyclic amines) is 1. The molecule has 1 saturated heterocycles. The van der Waals surface area contributed by atoms with Crippen molar-refractivity contribution in [3.63, 3.8) is 0 Å². The first-order chi connectivity index (χ1) is 9.72. The molecule has 1 aliphatic heterocycles. The molecule has 2 fully saturated rings. The predicted molar refractivity (Wildman–Crippen MR) is 87.9 cm³/mol. The SMILES string of the molecule is CNCC1CCCN1C(=O)C(C)OC1CCCCCC1.Cl. The summed E-state index contributed by atoms with van der Waals surface area (Å²) >= 11 is 0. The number of amides is 1. The van der Waals surface area contributed by atoms with Crippen LogP contribution in [0.4, 0.5) is 0 Å². The average molecular weight is 319 g/mol. The van der Waals surface area contributed by atoms with Crippen molar-refractivity contribution in [3.8, 4) is 0 Å². The van der Waals surface area contributed by atoms with E-state index in [4.69, 9.17) is 4.74 Å². The lowest BCUT2D eigenvalue weighted by Gasteiger charge is -2.29. The Balaban J connectivity index is 0.00000220. The number of ether oxygens (including phenoxy) is 1. The van der Waals surface area contributed by atoms with Crippen molar-refractivity contribution in [2.45, 2.75) is 76.5 Å². The Labute approximate surface area is 135 Å². The largest absolute Gasteiger partial charge is 0.365 e. The molecule has 0 aromatic heterocycles. The summed E-state index contributed by atoms with van der Waals surface area (Å²) in [6.45, 7) is 3.72. The molecule has 2 atom stereocenters. The number of carbonyl (C=O) groups is 1. The van der Waals surface area contributed by atoms with Crippen molar-refractivity contribution in [2.75, 3.05) is 20.1 Å². The van der Waals surface area contributed by atoms with Gasteiger partial charge in [0.1, 0.15) is 6.10 Å². The number of carbonyl (C=O) groups excluding carboxylic acids is 1. The first kappa shape index (κ1) is 18.7. The van der Waals surface area contributed by atoms with Crippen molar-refractivity contribution < 1.29 is 9.53 Å². The van der Waals surface area contributed by atoms with Crippen LogP contribution < -0.4 is 5.32 Å². The molecule has 1 saturated carbocycles. The zero-order chi connectivity index (χ0) is 14.4. The molecule has 124 valence electrons. The van der Waals surface area contributed by atoms with Gasteiger partial charge < -0.3 is 15.0 Å². The van der Waals surface area contributed by atoms with E-state index in [0.29, 0.717) is 12.1 Å². The van der Waals surface area contributed by atoms with Gasteiger partial charge in [-0.15, -0.1) is 12.4 Å². The first-order valence-corrected chi connectivity index (χ1v) is 8.33. The van der Waals surface area contributed by atoms with Gasteiger partial charge in [-0.25, -0.2) is 0 Å². The maximum atomic E-state index is 12.6. The van der Waals surface area contributed by atoms with Crippen LogP contribution in [-0.2, 0) is 9.53 Å². The molecule has 1 aliphatic carbocycles. The second kappa shape index (κ2) is 9.65. The van der Waals surface area contributed by atoms with Gasteiger partial charge in [0.15, 0.2) is 0 Å². The molecule has 2 unspecified atom stereocenters. The van der Waals surface area contributed by atoms with Gasteiger partial charge in [0.25, 0.3) is 5.91 Å². The molecule has 5 heteroatoms. The van der Waals surface area contributed by atoms with Crippen LogP contribution in [-0.4, -0.2) is 49.2 Å². The van der Waals surface area contributed by atoms with Gasteiger partial charge in [-0.3, -0.25) is 4.79 Å². The Morgan fingerprint density at radius 3 is 2.48 bits per heavy atom. The molecule has 0 aromatic carbocycles. The molecule has 0 aromatic rings. The third-order valence-corrected chi connectivity index (χ3v) is 4.65. The summed E-state index contributed by atoms with van der Waals surface area (Å²) in [5.74, 6) is 0.187. The van der Waals surface area contributed by atoms with Crippen molar-refractivity contribution in [1.82, 2.24) is 10.2 Å². The molecule has 21 heavy (non-hydrogen) atoms. The number of nitrogens with zero attached hydrogens (tertiary/aromatic N) is 1. The summed E-state index contributed by atoms with van der Waals surface area (Å²) in [5.41, 5.74) is 0. The smallest absolute Gasteiger partial charge is 0.251 e. The first-order valence-electron chi connectivity index (χ1n) is 8.33. The van der Waals surface area contributed by atoms with Gasteiger partial charge >= 0.3 is 0 Å². The van der Waals surface area contributed by atoms with Crippen molar-refractivity contribution in [3.05, 3.63) is 0 Å². The van der Waals surface area contributed by atoms with E-state index < -0.39 is 0 Å². The number of likely N-dealkylation sites (N-methyl/N-ethyl adjacent to an activating group) is 1. The minimum Gasteiger partial charge on any atom is -0.365 e. The van der Waals surface area contributed by atoms with E-state index in [2.05, 4.69) is 5.32 Å². The molecule has 1 amide bonds. The highest BCUT2D eigenvalue weighted by Crippen LogP contribution is 2.23. The molecule has 0 spiro atoms. The van der Waals surface area contributed by atoms with Gasteiger partial charge in [0.05, 0.1) is 6.10 Å². The van der Waals surface area contributed by atoms with Crippen LogP contribution in [0.5, 0.6) is 0 Å². The van der Waals surface area contributed by atoms with Crippen molar-refractivity contribution in [1.29, 1.82) is 0 Å². The van der Waals surface area contributed by atoms with E-state index in [9.17, 15) is 4.79 Å². The van der Waals surface area contributed by atoms with E-state index in [1.807, 2.05) is 18.9 Å². The summed E-state index contributed by atoms with van der Waals surface area (Å²) in [7, 11) is 1.95. The summed E-state index contributed by atoms with van der Waals surface area (Å²) < 4.78 is 6.06. The summed E-state index contributed by atoms with van der Waals surface area (Å²) in [4.78, 5) is 14.6. The van der Waals surface area contributed by atoms with Crippen LogP contribution in [0.1, 0.15) is 58.3 Å². The Hall–Kier alpha value is -0.320. The standard InChI is InChI=1S/C16H30N2O2.ClH/c1-13(20-15-9-5-3-4-6-10-15)16(19)18-11-7-8-14(18)12-17-2;/h13-15,17H,3-12H2,1-2H3;1H. The minimum atomic E-state index is -0.282. The number of rotatable bonds is 5. The minimum absolute atomic E-state index is 0. The molecule has 0 radical (unpaired) electrons. The molecule has 2 aliphatic rings. The third-order valence-electron chi connectivity index (χ3n) is 4.65. The second-order valence-corrected chi connectivity index (χ2v) is 6.28. The van der Waals surface area contributed by atoms with E-state index in [1.165, 1.54) is 25.7 Å². The number of nitrogens with one attached hydrogen (secondary N) is 1. The Kier molecular flexibility index (Phi) is 8.60. The van der Waals surface area contributed by atoms with E-state index >= 15 is 0 Å². The normalized spacial score (nSPS) is 25.2. The van der Waals surface area contributed by atoms with Crippen LogP contribution >= 0.6 is 12.4 Å². The fourth-order valence-electron chi connectivity index (χ4n) is 3.53. The Morgan fingerprint density at radius 1 is 1.19 bits per heavy atom. The zero-order valence-corrected chi connectivity index (χ0v) is 14.3. The van der Waals surface area contributed by atoms with Crippen LogP contribution in [0.15, 0.2) is 0 Å². The fraction of sp³-hybridized carbons (Fsp3) is 0.938. The monoisotopic (exact) mass is 318 g/mol. The predicted octanol–water partition coefficient (Wildman–Crippen LogP) is 2.75. The van der Waals surface area contributed by atoms with Gasteiger partial charge in [0.2, 0.25) is 0 Å². The van der Waals surface area contributed by atoms with Gasteiger partial charge in [-0.05, 0) is 39.7 Å². The lowest BCUT2D eigenvalue weighted by molar-refractivity contribution is -0.147. The summed E-state index contributed by atoms with van der Waals surface area (Å²) in [6, 6.07) is 0.354. The fourth-order valence-corrected chi connectivity index (χ4v) is 3.53. The molecule has 1 N–H and O–H groups in total. The highest BCUT2D eigenvalue weighted by Gasteiger charge is 2.32. The van der Waals surface area contributed by atoms with Crippen LogP contribution in [0.3, 0.4) is 0 Å². The van der Waals surface area contributed by atoms with Gasteiger partial charge in [0, 0.05) is 19.1 Å². The van der Waals surface area contributed by atoms with Crippen LogP contribution in [0.2, 0.25) is 0 Å². The zero-order valence-electron chi connectivity index (χ0n) is 13.5. The molecule has 2 rings (SSSR count). The maximum absolute atomic E-state index is 12.6. The summed E-state index contributed by atoms with van der Waals surface area (Å²) in [5, 5.41) is 3.19. The quantitative estimate of drug-likeness (QED) is 0.793. The average Bonchev–Trinajstić information content (AvgIpc) is 2.74. The van der Waals surface area contributed by atoms with Gasteiger partial charge in [-0.1, -0.05) is 25.7 Å². The van der Waals surface area contributed by atoms with Crippen molar-refractivity contribution in [2.24, 2.45) is 0 Å². The topological polar surface area (TPSA) is 41.6 Å². The van der Waals surface area contributed by atoms with Crippen molar-refractivity contribution >= 4 is 18.3 Å². The molecular formula is C16H31ClN2O2. The highest BCUT2D eigenvalue weighted by atomic mass is 35.5. The van der Waals surface area contributed by atoms with E-state index in [0.717, 1.165) is 38.8 Å². The number of halogens is 1.